The molecule has 1 aliphatic rings. The fourth-order valence-electron chi connectivity index (χ4n) is 3.43. The van der Waals surface area contributed by atoms with E-state index in [1.165, 1.54) is 16.7 Å². The molecule has 0 atom stereocenters. The topological polar surface area (TPSA) is 49.4 Å². The van der Waals surface area contributed by atoms with Crippen LogP contribution in [0.1, 0.15) is 16.7 Å². The number of carbonyl (C=O) groups is 2. The summed E-state index contributed by atoms with van der Waals surface area (Å²) in [6.45, 7) is 5.89. The molecule has 3 aromatic carbocycles. The normalized spacial score (nSPS) is 13.9. The Labute approximate surface area is 190 Å². The van der Waals surface area contributed by atoms with Gasteiger partial charge in [-0.25, -0.2) is 4.90 Å². The fraction of sp³-hybridized carbons (Fsp3) is 0.120. The van der Waals surface area contributed by atoms with Gasteiger partial charge in [-0.05, 0) is 80.4 Å². The standard InChI is InChI=1S/C25H21ClN2O2S/c1-15-4-8-19(9-5-15)27-22-23(31-21-10-6-18(26)7-11-21)25(30)28(24(22)29)20-13-16(2)12-17(3)14-20/h4-14,27H,1-3H3. The van der Waals surface area contributed by atoms with E-state index in [0.717, 1.165) is 27.3 Å². The molecule has 4 rings (SSSR count). The van der Waals surface area contributed by atoms with Gasteiger partial charge < -0.3 is 5.32 Å². The molecule has 0 saturated heterocycles. The largest absolute Gasteiger partial charge is 0.350 e. The van der Waals surface area contributed by atoms with Crippen LogP contribution in [-0.2, 0) is 9.59 Å². The number of rotatable bonds is 5. The summed E-state index contributed by atoms with van der Waals surface area (Å²) in [5.74, 6) is -0.711. The molecule has 2 amide bonds. The van der Waals surface area contributed by atoms with Crippen LogP contribution in [-0.4, -0.2) is 11.8 Å². The van der Waals surface area contributed by atoms with E-state index < -0.39 is 0 Å². The second-order valence-corrected chi connectivity index (χ2v) is 9.06. The molecule has 1 N–H and O–H groups in total. The molecule has 0 fully saturated rings. The third-order valence-corrected chi connectivity index (χ3v) is 6.20. The molecule has 6 heteroatoms. The zero-order valence-corrected chi connectivity index (χ0v) is 19.0. The minimum atomic E-state index is -0.368. The van der Waals surface area contributed by atoms with Crippen LogP contribution in [0.15, 0.2) is 82.2 Å². The van der Waals surface area contributed by atoms with Gasteiger partial charge in [-0.1, -0.05) is 47.1 Å². The maximum atomic E-state index is 13.4. The van der Waals surface area contributed by atoms with Gasteiger partial charge in [-0.3, -0.25) is 9.59 Å². The van der Waals surface area contributed by atoms with E-state index in [9.17, 15) is 9.59 Å². The number of thioether (sulfide) groups is 1. The van der Waals surface area contributed by atoms with Gasteiger partial charge in [0, 0.05) is 15.6 Å². The first-order valence-corrected chi connectivity index (χ1v) is 11.0. The van der Waals surface area contributed by atoms with Crippen molar-refractivity contribution < 1.29 is 9.59 Å². The van der Waals surface area contributed by atoms with Crippen LogP contribution < -0.4 is 10.2 Å². The molecule has 4 nitrogen and oxygen atoms in total. The molecule has 156 valence electrons. The highest BCUT2D eigenvalue weighted by molar-refractivity contribution is 8.04. The fourth-order valence-corrected chi connectivity index (χ4v) is 4.48. The number of aryl methyl sites for hydroxylation is 3. The summed E-state index contributed by atoms with van der Waals surface area (Å²) < 4.78 is 0. The lowest BCUT2D eigenvalue weighted by atomic mass is 10.1. The van der Waals surface area contributed by atoms with Crippen LogP contribution in [0.3, 0.4) is 0 Å². The molecular formula is C25H21ClN2O2S. The van der Waals surface area contributed by atoms with Crippen molar-refractivity contribution in [2.75, 3.05) is 10.2 Å². The van der Waals surface area contributed by atoms with Gasteiger partial charge in [0.05, 0.1) is 5.69 Å². The van der Waals surface area contributed by atoms with Gasteiger partial charge >= 0.3 is 0 Å². The second kappa shape index (κ2) is 8.61. The number of halogens is 1. The number of hydrogen-bond acceptors (Lipinski definition) is 4. The van der Waals surface area contributed by atoms with Gasteiger partial charge in [-0.2, -0.15) is 0 Å². The number of imide groups is 1. The van der Waals surface area contributed by atoms with E-state index in [2.05, 4.69) is 5.32 Å². The Morgan fingerprint density at radius 2 is 1.39 bits per heavy atom. The number of anilines is 2. The summed E-state index contributed by atoms with van der Waals surface area (Å²) >= 11 is 7.25. The third kappa shape index (κ3) is 4.53. The van der Waals surface area contributed by atoms with Gasteiger partial charge in [0.2, 0.25) is 0 Å². The van der Waals surface area contributed by atoms with E-state index in [1.54, 1.807) is 12.1 Å². The van der Waals surface area contributed by atoms with Gasteiger partial charge in [0.1, 0.15) is 10.6 Å². The summed E-state index contributed by atoms with van der Waals surface area (Å²) in [4.78, 5) is 29.3. The Hall–Kier alpha value is -3.02. The van der Waals surface area contributed by atoms with E-state index in [4.69, 9.17) is 11.6 Å². The number of hydrogen-bond donors (Lipinski definition) is 1. The molecule has 0 aromatic heterocycles. The molecule has 1 heterocycles. The average molecular weight is 449 g/mol. The molecule has 0 unspecified atom stereocenters. The first-order valence-electron chi connectivity index (χ1n) is 9.80. The van der Waals surface area contributed by atoms with Crippen LogP contribution in [0.5, 0.6) is 0 Å². The van der Waals surface area contributed by atoms with Crippen LogP contribution >= 0.6 is 23.4 Å². The van der Waals surface area contributed by atoms with Crippen LogP contribution in [0.25, 0.3) is 0 Å². The smallest absolute Gasteiger partial charge is 0.283 e. The van der Waals surface area contributed by atoms with Crippen molar-refractivity contribution in [2.45, 2.75) is 25.7 Å². The van der Waals surface area contributed by atoms with Crippen molar-refractivity contribution in [3.05, 3.63) is 99.0 Å². The number of carbonyl (C=O) groups excluding carboxylic acids is 2. The van der Waals surface area contributed by atoms with Gasteiger partial charge in [0.15, 0.2) is 0 Å². The predicted octanol–water partition coefficient (Wildman–Crippen LogP) is 6.25. The van der Waals surface area contributed by atoms with E-state index in [1.807, 2.05) is 75.4 Å². The Balaban J connectivity index is 1.75. The van der Waals surface area contributed by atoms with E-state index >= 15 is 0 Å². The summed E-state index contributed by atoms with van der Waals surface area (Å²) in [6, 6.07) is 20.6. The van der Waals surface area contributed by atoms with E-state index in [-0.39, 0.29) is 17.5 Å². The monoisotopic (exact) mass is 448 g/mol. The van der Waals surface area contributed by atoms with Crippen LogP contribution in [0.2, 0.25) is 5.02 Å². The number of amides is 2. The van der Waals surface area contributed by atoms with Crippen LogP contribution in [0.4, 0.5) is 11.4 Å². The van der Waals surface area contributed by atoms with Crippen molar-refractivity contribution in [3.63, 3.8) is 0 Å². The Bertz CT molecular complexity index is 1110. The van der Waals surface area contributed by atoms with Crippen molar-refractivity contribution in [1.82, 2.24) is 0 Å². The molecule has 31 heavy (non-hydrogen) atoms. The summed E-state index contributed by atoms with van der Waals surface area (Å²) in [6.07, 6.45) is 0. The molecule has 0 saturated carbocycles. The second-order valence-electron chi connectivity index (χ2n) is 7.54. The zero-order chi connectivity index (χ0) is 22.1. The predicted molar refractivity (Wildman–Crippen MR) is 128 cm³/mol. The van der Waals surface area contributed by atoms with Crippen molar-refractivity contribution in [1.29, 1.82) is 0 Å². The maximum Gasteiger partial charge on any atom is 0.283 e. The maximum absolute atomic E-state index is 13.4. The molecular weight excluding hydrogens is 428 g/mol. The third-order valence-electron chi connectivity index (χ3n) is 4.86. The van der Waals surface area contributed by atoms with Gasteiger partial charge in [-0.15, -0.1) is 0 Å². The quantitative estimate of drug-likeness (QED) is 0.468. The molecule has 0 aliphatic carbocycles. The molecule has 0 spiro atoms. The Morgan fingerprint density at radius 3 is 2.00 bits per heavy atom. The average Bonchev–Trinajstić information content (AvgIpc) is 2.94. The number of nitrogens with one attached hydrogen (secondary N) is 1. The molecule has 0 radical (unpaired) electrons. The highest BCUT2D eigenvalue weighted by atomic mass is 35.5. The highest BCUT2D eigenvalue weighted by Gasteiger charge is 2.40. The molecule has 3 aromatic rings. The highest BCUT2D eigenvalue weighted by Crippen LogP contribution is 2.38. The van der Waals surface area contributed by atoms with Crippen LogP contribution in [0, 0.1) is 20.8 Å². The minimum absolute atomic E-state index is 0.271. The minimum Gasteiger partial charge on any atom is -0.350 e. The SMILES string of the molecule is Cc1ccc(NC2=C(Sc3ccc(Cl)cc3)C(=O)N(c3cc(C)cc(C)c3)C2=O)cc1. The number of benzene rings is 3. The first-order chi connectivity index (χ1) is 14.8. The summed E-state index contributed by atoms with van der Waals surface area (Å²) in [5, 5.41) is 3.79. The first kappa shape index (κ1) is 21.2. The van der Waals surface area contributed by atoms with Crippen molar-refractivity contribution in [2.24, 2.45) is 0 Å². The lowest BCUT2D eigenvalue weighted by molar-refractivity contribution is -0.120. The Morgan fingerprint density at radius 1 is 0.774 bits per heavy atom. The summed E-state index contributed by atoms with van der Waals surface area (Å²) in [7, 11) is 0. The number of nitrogens with zero attached hydrogens (tertiary/aromatic N) is 1. The summed E-state index contributed by atoms with van der Waals surface area (Å²) in [5.41, 5.74) is 4.68. The van der Waals surface area contributed by atoms with Crippen molar-refractivity contribution >= 4 is 46.6 Å². The van der Waals surface area contributed by atoms with Gasteiger partial charge in [0.25, 0.3) is 11.8 Å². The lowest BCUT2D eigenvalue weighted by Gasteiger charge is -2.17. The zero-order valence-electron chi connectivity index (χ0n) is 17.4. The molecule has 1 aliphatic heterocycles. The Kier molecular flexibility index (Phi) is 5.90. The van der Waals surface area contributed by atoms with E-state index in [0.29, 0.717) is 15.6 Å². The lowest BCUT2D eigenvalue weighted by Crippen LogP contribution is -2.32. The molecule has 0 bridgehead atoms. The van der Waals surface area contributed by atoms with Crippen molar-refractivity contribution in [3.8, 4) is 0 Å².